The summed E-state index contributed by atoms with van der Waals surface area (Å²) in [6, 6.07) is 10.8. The van der Waals surface area contributed by atoms with Crippen molar-refractivity contribution in [2.75, 3.05) is 13.2 Å². The summed E-state index contributed by atoms with van der Waals surface area (Å²) in [6.07, 6.45) is 1.89. The van der Waals surface area contributed by atoms with Crippen LogP contribution >= 0.6 is 0 Å². The SMILES string of the molecule is O=C(NC1CCOCC1Oc1ccccn1)c1cc2cc(F)ccc2o1. The van der Waals surface area contributed by atoms with Gasteiger partial charge in [-0.2, -0.15) is 0 Å². The molecule has 3 heterocycles. The first kappa shape index (κ1) is 16.5. The molecule has 1 N–H and O–H groups in total. The molecule has 4 rings (SSSR count). The largest absolute Gasteiger partial charge is 0.470 e. The van der Waals surface area contributed by atoms with Gasteiger partial charge in [0.1, 0.15) is 17.5 Å². The molecule has 0 saturated carbocycles. The van der Waals surface area contributed by atoms with Gasteiger partial charge in [-0.05, 0) is 36.8 Å². The molecule has 0 bridgehead atoms. The van der Waals surface area contributed by atoms with Crippen molar-refractivity contribution in [2.45, 2.75) is 18.6 Å². The van der Waals surface area contributed by atoms with Gasteiger partial charge >= 0.3 is 0 Å². The lowest BCUT2D eigenvalue weighted by Crippen LogP contribution is -2.51. The molecule has 6 nitrogen and oxygen atoms in total. The first-order chi connectivity index (χ1) is 12.7. The summed E-state index contributed by atoms with van der Waals surface area (Å²) in [5.74, 6) is -0.142. The maximum atomic E-state index is 13.3. The van der Waals surface area contributed by atoms with Crippen molar-refractivity contribution in [1.82, 2.24) is 10.3 Å². The Morgan fingerprint density at radius 2 is 2.19 bits per heavy atom. The summed E-state index contributed by atoms with van der Waals surface area (Å²) < 4.78 is 30.1. The highest BCUT2D eigenvalue weighted by atomic mass is 19.1. The number of fused-ring (bicyclic) bond motifs is 1. The minimum Gasteiger partial charge on any atom is -0.470 e. The molecule has 134 valence electrons. The van der Waals surface area contributed by atoms with E-state index >= 15 is 0 Å². The molecule has 1 saturated heterocycles. The Hall–Kier alpha value is -2.93. The number of halogens is 1. The summed E-state index contributed by atoms with van der Waals surface area (Å²) in [6.45, 7) is 0.880. The van der Waals surface area contributed by atoms with Gasteiger partial charge in [0.05, 0.1) is 12.6 Å². The number of pyridine rings is 1. The second kappa shape index (κ2) is 7.13. The smallest absolute Gasteiger partial charge is 0.287 e. The molecule has 2 aromatic heterocycles. The van der Waals surface area contributed by atoms with E-state index in [1.54, 1.807) is 18.3 Å². The monoisotopic (exact) mass is 356 g/mol. The fraction of sp³-hybridized carbons (Fsp3) is 0.263. The Morgan fingerprint density at radius 1 is 1.27 bits per heavy atom. The van der Waals surface area contributed by atoms with Gasteiger partial charge in [0.25, 0.3) is 5.91 Å². The third-order valence-electron chi connectivity index (χ3n) is 4.23. The molecule has 2 atom stereocenters. The summed E-state index contributed by atoms with van der Waals surface area (Å²) in [4.78, 5) is 16.7. The lowest BCUT2D eigenvalue weighted by Gasteiger charge is -2.31. The average molecular weight is 356 g/mol. The van der Waals surface area contributed by atoms with Crippen LogP contribution in [0.5, 0.6) is 5.88 Å². The van der Waals surface area contributed by atoms with Crippen molar-refractivity contribution in [2.24, 2.45) is 0 Å². The van der Waals surface area contributed by atoms with E-state index < -0.39 is 0 Å². The number of furan rings is 1. The maximum absolute atomic E-state index is 13.3. The van der Waals surface area contributed by atoms with Gasteiger partial charge < -0.3 is 19.2 Å². The van der Waals surface area contributed by atoms with Crippen LogP contribution in [0.3, 0.4) is 0 Å². The molecule has 1 aliphatic rings. The predicted molar refractivity (Wildman–Crippen MR) is 91.5 cm³/mol. The van der Waals surface area contributed by atoms with Crippen LogP contribution in [-0.2, 0) is 4.74 Å². The number of nitrogens with one attached hydrogen (secondary N) is 1. The van der Waals surface area contributed by atoms with Crippen molar-refractivity contribution in [3.63, 3.8) is 0 Å². The van der Waals surface area contributed by atoms with Crippen LogP contribution in [0.1, 0.15) is 17.0 Å². The number of ether oxygens (including phenoxy) is 2. The van der Waals surface area contributed by atoms with Crippen molar-refractivity contribution >= 4 is 16.9 Å². The quantitative estimate of drug-likeness (QED) is 0.778. The van der Waals surface area contributed by atoms with Gasteiger partial charge in [0.15, 0.2) is 5.76 Å². The number of aromatic nitrogens is 1. The molecular weight excluding hydrogens is 339 g/mol. The van der Waals surface area contributed by atoms with Crippen molar-refractivity contribution in [1.29, 1.82) is 0 Å². The summed E-state index contributed by atoms with van der Waals surface area (Å²) in [7, 11) is 0. The number of carbonyl (C=O) groups is 1. The minimum atomic E-state index is -0.376. The molecule has 0 radical (unpaired) electrons. The molecular formula is C19H17FN2O4. The number of hydrogen-bond donors (Lipinski definition) is 1. The first-order valence-corrected chi connectivity index (χ1v) is 8.34. The normalized spacial score (nSPS) is 20.0. The van der Waals surface area contributed by atoms with Crippen LogP contribution in [0.4, 0.5) is 4.39 Å². The second-order valence-corrected chi connectivity index (χ2v) is 6.06. The van der Waals surface area contributed by atoms with Gasteiger partial charge in [-0.3, -0.25) is 4.79 Å². The zero-order chi connectivity index (χ0) is 17.9. The van der Waals surface area contributed by atoms with E-state index in [1.807, 2.05) is 6.07 Å². The highest BCUT2D eigenvalue weighted by Crippen LogP contribution is 2.21. The Morgan fingerprint density at radius 3 is 3.04 bits per heavy atom. The molecule has 1 fully saturated rings. The van der Waals surface area contributed by atoms with E-state index in [0.717, 1.165) is 0 Å². The number of rotatable bonds is 4. The molecule has 26 heavy (non-hydrogen) atoms. The Kier molecular flexibility index (Phi) is 4.53. The first-order valence-electron chi connectivity index (χ1n) is 8.34. The van der Waals surface area contributed by atoms with E-state index in [9.17, 15) is 9.18 Å². The molecule has 1 aromatic carbocycles. The number of benzene rings is 1. The summed E-state index contributed by atoms with van der Waals surface area (Å²) in [5.41, 5.74) is 0.463. The van der Waals surface area contributed by atoms with Crippen LogP contribution in [0, 0.1) is 5.82 Å². The van der Waals surface area contributed by atoms with E-state index in [0.29, 0.717) is 36.5 Å². The Bertz CT molecular complexity index is 912. The van der Waals surface area contributed by atoms with Gasteiger partial charge in [-0.1, -0.05) is 6.07 Å². The summed E-state index contributed by atoms with van der Waals surface area (Å²) >= 11 is 0. The topological polar surface area (TPSA) is 73.6 Å². The number of carbonyl (C=O) groups excluding carboxylic acids is 1. The lowest BCUT2D eigenvalue weighted by molar-refractivity contribution is -0.0155. The predicted octanol–water partition coefficient (Wildman–Crippen LogP) is 2.93. The van der Waals surface area contributed by atoms with Gasteiger partial charge in [-0.25, -0.2) is 9.37 Å². The van der Waals surface area contributed by atoms with E-state index in [-0.39, 0.29) is 29.6 Å². The van der Waals surface area contributed by atoms with Crippen LogP contribution in [0.25, 0.3) is 11.0 Å². The zero-order valence-corrected chi connectivity index (χ0v) is 13.9. The van der Waals surface area contributed by atoms with Crippen molar-refractivity contribution in [3.05, 3.63) is 60.2 Å². The maximum Gasteiger partial charge on any atom is 0.287 e. The third-order valence-corrected chi connectivity index (χ3v) is 4.23. The van der Waals surface area contributed by atoms with E-state index in [2.05, 4.69) is 10.3 Å². The Labute approximate surface area is 148 Å². The highest BCUT2D eigenvalue weighted by Gasteiger charge is 2.30. The van der Waals surface area contributed by atoms with Crippen molar-refractivity contribution in [3.8, 4) is 5.88 Å². The van der Waals surface area contributed by atoms with Gasteiger partial charge in [-0.15, -0.1) is 0 Å². The number of nitrogens with zero attached hydrogens (tertiary/aromatic N) is 1. The molecule has 1 aliphatic heterocycles. The van der Waals surface area contributed by atoms with Gasteiger partial charge in [0.2, 0.25) is 5.88 Å². The fourth-order valence-corrected chi connectivity index (χ4v) is 2.93. The fourth-order valence-electron chi connectivity index (χ4n) is 2.93. The molecule has 0 aliphatic carbocycles. The van der Waals surface area contributed by atoms with E-state index in [1.165, 1.54) is 24.3 Å². The second-order valence-electron chi connectivity index (χ2n) is 6.06. The number of amides is 1. The minimum absolute atomic E-state index is 0.133. The molecule has 3 aromatic rings. The van der Waals surface area contributed by atoms with Gasteiger partial charge in [0, 0.05) is 24.3 Å². The number of hydrogen-bond acceptors (Lipinski definition) is 5. The van der Waals surface area contributed by atoms with Crippen LogP contribution < -0.4 is 10.1 Å². The van der Waals surface area contributed by atoms with E-state index in [4.69, 9.17) is 13.9 Å². The Balaban J connectivity index is 1.48. The highest BCUT2D eigenvalue weighted by molar-refractivity contribution is 5.96. The lowest BCUT2D eigenvalue weighted by atomic mass is 10.1. The summed E-state index contributed by atoms with van der Waals surface area (Å²) in [5, 5.41) is 3.47. The van der Waals surface area contributed by atoms with Crippen molar-refractivity contribution < 1.29 is 23.1 Å². The van der Waals surface area contributed by atoms with Crippen LogP contribution in [0.15, 0.2) is 53.1 Å². The molecule has 1 amide bonds. The molecule has 7 heteroatoms. The average Bonchev–Trinajstić information content (AvgIpc) is 3.07. The zero-order valence-electron chi connectivity index (χ0n) is 13.9. The molecule has 0 spiro atoms. The van der Waals surface area contributed by atoms with Crippen LogP contribution in [0.2, 0.25) is 0 Å². The van der Waals surface area contributed by atoms with Crippen LogP contribution in [-0.4, -0.2) is 36.3 Å². The third kappa shape index (κ3) is 3.52. The standard InChI is InChI=1S/C19H17FN2O4/c20-13-4-5-15-12(9-13)10-16(25-15)19(23)22-14-6-8-24-11-17(14)26-18-3-1-2-7-21-18/h1-5,7,9-10,14,17H,6,8,11H2,(H,22,23). The molecule has 2 unspecified atom stereocenters.